The molecule has 0 unspecified atom stereocenters. The van der Waals surface area contributed by atoms with Crippen LogP contribution in [-0.4, -0.2) is 17.9 Å². The third-order valence-electron chi connectivity index (χ3n) is 3.63. The molecule has 1 heterocycles. The monoisotopic (exact) mass is 305 g/mol. The number of hydrogen-bond donors (Lipinski definition) is 0. The molecule has 0 bridgehead atoms. The van der Waals surface area contributed by atoms with Crippen LogP contribution in [0, 0.1) is 11.2 Å². The molecule has 3 rings (SSSR count). The third-order valence-corrected chi connectivity index (χ3v) is 4.82. The first-order valence-corrected chi connectivity index (χ1v) is 7.58. The molecule has 0 aliphatic heterocycles. The summed E-state index contributed by atoms with van der Waals surface area (Å²) in [6, 6.07) is 4.75. The lowest BCUT2D eigenvalue weighted by atomic mass is 9.78. The van der Waals surface area contributed by atoms with E-state index in [1.807, 2.05) is 0 Å². The highest BCUT2D eigenvalue weighted by Crippen LogP contribution is 2.39. The lowest BCUT2D eigenvalue weighted by molar-refractivity contribution is 0.0916. The maximum Gasteiger partial charge on any atom is 0.175 e. The lowest BCUT2D eigenvalue weighted by Crippen LogP contribution is -2.25. The topological polar surface area (TPSA) is 39.2 Å². The van der Waals surface area contributed by atoms with Crippen molar-refractivity contribution in [3.63, 3.8) is 0 Å². The Hall–Kier alpha value is -1.75. The zero-order valence-electron chi connectivity index (χ0n) is 12.2. The maximum absolute atomic E-state index is 13.8. The Kier molecular flexibility index (Phi) is 3.32. The van der Waals surface area contributed by atoms with Crippen molar-refractivity contribution in [3.05, 3.63) is 34.6 Å². The third kappa shape index (κ3) is 2.58. The van der Waals surface area contributed by atoms with Crippen molar-refractivity contribution in [2.75, 3.05) is 7.11 Å². The molecule has 0 amide bonds. The number of fused-ring (bicyclic) bond motifs is 1. The number of benzene rings is 1. The average molecular weight is 305 g/mol. The van der Waals surface area contributed by atoms with Crippen molar-refractivity contribution >= 4 is 17.1 Å². The number of carbonyl (C=O) groups is 1. The Bertz CT molecular complexity index is 721. The molecule has 0 fully saturated rings. The van der Waals surface area contributed by atoms with E-state index in [4.69, 9.17) is 4.74 Å². The molecule has 1 aromatic heterocycles. The minimum Gasteiger partial charge on any atom is -0.494 e. The smallest absolute Gasteiger partial charge is 0.175 e. The Labute approximate surface area is 126 Å². The van der Waals surface area contributed by atoms with Gasteiger partial charge in [0.2, 0.25) is 0 Å². The molecular formula is C16H16FNO2S. The van der Waals surface area contributed by atoms with Crippen molar-refractivity contribution < 1.29 is 13.9 Å². The lowest BCUT2D eigenvalue weighted by Gasteiger charge is -2.26. The molecule has 2 aromatic rings. The van der Waals surface area contributed by atoms with Gasteiger partial charge in [0.25, 0.3) is 0 Å². The van der Waals surface area contributed by atoms with Crippen LogP contribution in [-0.2, 0) is 6.42 Å². The predicted octanol–water partition coefficient (Wildman–Crippen LogP) is 4.11. The second-order valence-corrected chi connectivity index (χ2v) is 7.08. The van der Waals surface area contributed by atoms with Crippen LogP contribution in [0.5, 0.6) is 5.75 Å². The molecule has 0 saturated heterocycles. The van der Waals surface area contributed by atoms with E-state index in [1.165, 1.54) is 24.5 Å². The number of ketones is 1. The highest BCUT2D eigenvalue weighted by atomic mass is 32.1. The van der Waals surface area contributed by atoms with Crippen molar-refractivity contribution in [2.45, 2.75) is 26.7 Å². The number of ether oxygens (including phenoxy) is 1. The number of methoxy groups -OCH3 is 1. The molecule has 1 aliphatic carbocycles. The zero-order valence-corrected chi connectivity index (χ0v) is 13.0. The van der Waals surface area contributed by atoms with Crippen LogP contribution in [0.15, 0.2) is 18.2 Å². The second kappa shape index (κ2) is 4.91. The van der Waals surface area contributed by atoms with Gasteiger partial charge in [0.1, 0.15) is 5.01 Å². The minimum atomic E-state index is -0.421. The number of thiazole rings is 1. The number of nitrogens with zero attached hydrogens (tertiary/aromatic N) is 1. The summed E-state index contributed by atoms with van der Waals surface area (Å²) in [4.78, 5) is 17.5. The molecule has 0 radical (unpaired) electrons. The van der Waals surface area contributed by atoms with Gasteiger partial charge in [-0.05, 0) is 30.0 Å². The second-order valence-electron chi connectivity index (χ2n) is 6.09. The van der Waals surface area contributed by atoms with Gasteiger partial charge in [0.15, 0.2) is 17.3 Å². The van der Waals surface area contributed by atoms with Crippen molar-refractivity contribution in [3.8, 4) is 16.3 Å². The first-order chi connectivity index (χ1) is 9.89. The maximum atomic E-state index is 13.8. The summed E-state index contributed by atoms with van der Waals surface area (Å²) in [5, 5.41) is 0.688. The molecule has 0 atom stereocenters. The molecule has 3 nitrogen and oxygen atoms in total. The number of aromatic nitrogens is 1. The Morgan fingerprint density at radius 3 is 2.76 bits per heavy atom. The van der Waals surface area contributed by atoms with E-state index in [2.05, 4.69) is 18.8 Å². The zero-order chi connectivity index (χ0) is 15.2. The van der Waals surface area contributed by atoms with Crippen LogP contribution in [0.4, 0.5) is 4.39 Å². The Morgan fingerprint density at radius 2 is 2.10 bits per heavy atom. The molecule has 110 valence electrons. The normalized spacial score (nSPS) is 16.7. The summed E-state index contributed by atoms with van der Waals surface area (Å²) in [5.74, 6) is -0.0777. The summed E-state index contributed by atoms with van der Waals surface area (Å²) < 4.78 is 18.7. The summed E-state index contributed by atoms with van der Waals surface area (Å²) in [5.41, 5.74) is 1.46. The highest BCUT2D eigenvalue weighted by Gasteiger charge is 2.34. The first-order valence-electron chi connectivity index (χ1n) is 6.76. The average Bonchev–Trinajstić information content (AvgIpc) is 2.81. The molecule has 0 saturated carbocycles. The molecular weight excluding hydrogens is 289 g/mol. The van der Waals surface area contributed by atoms with Gasteiger partial charge in [-0.3, -0.25) is 4.79 Å². The Morgan fingerprint density at radius 1 is 1.33 bits per heavy atom. The quantitative estimate of drug-likeness (QED) is 0.838. The first kappa shape index (κ1) is 14.2. The molecule has 21 heavy (non-hydrogen) atoms. The van der Waals surface area contributed by atoms with Gasteiger partial charge in [-0.15, -0.1) is 11.3 Å². The van der Waals surface area contributed by atoms with Gasteiger partial charge in [-0.1, -0.05) is 13.8 Å². The summed E-state index contributed by atoms with van der Waals surface area (Å²) in [6.07, 6.45) is 1.32. The Balaban J connectivity index is 2.02. The van der Waals surface area contributed by atoms with E-state index in [0.29, 0.717) is 17.0 Å². The SMILES string of the molecule is COc1ccc(-c2nc3c(s2)C(=O)CC(C)(C)C3)cc1F. The van der Waals surface area contributed by atoms with Crippen LogP contribution in [0.2, 0.25) is 0 Å². The van der Waals surface area contributed by atoms with E-state index in [-0.39, 0.29) is 16.9 Å². The van der Waals surface area contributed by atoms with Crippen LogP contribution in [0.25, 0.3) is 10.6 Å². The van der Waals surface area contributed by atoms with Crippen molar-refractivity contribution in [1.82, 2.24) is 4.98 Å². The number of rotatable bonds is 2. The largest absolute Gasteiger partial charge is 0.494 e. The van der Waals surface area contributed by atoms with Crippen LogP contribution in [0.3, 0.4) is 0 Å². The molecule has 0 spiro atoms. The fourth-order valence-electron chi connectivity index (χ4n) is 2.64. The summed E-state index contributed by atoms with van der Waals surface area (Å²) >= 11 is 1.35. The number of carbonyl (C=O) groups excluding carboxylic acids is 1. The number of hydrogen-bond acceptors (Lipinski definition) is 4. The van der Waals surface area contributed by atoms with Gasteiger partial charge in [-0.25, -0.2) is 9.37 Å². The predicted molar refractivity (Wildman–Crippen MR) is 80.5 cm³/mol. The van der Waals surface area contributed by atoms with Crippen molar-refractivity contribution in [2.24, 2.45) is 5.41 Å². The molecule has 5 heteroatoms. The fourth-order valence-corrected chi connectivity index (χ4v) is 3.66. The molecule has 0 N–H and O–H groups in total. The standard InChI is InChI=1S/C16H16FNO2S/c1-16(2)7-11-14(12(19)8-16)21-15(18-11)9-4-5-13(20-3)10(17)6-9/h4-6H,7-8H2,1-3H3. The summed E-state index contributed by atoms with van der Waals surface area (Å²) in [6.45, 7) is 4.14. The van der Waals surface area contributed by atoms with Gasteiger partial charge in [0.05, 0.1) is 17.7 Å². The van der Waals surface area contributed by atoms with E-state index in [0.717, 1.165) is 17.0 Å². The fraction of sp³-hybridized carbons (Fsp3) is 0.375. The van der Waals surface area contributed by atoms with Gasteiger partial charge in [-0.2, -0.15) is 0 Å². The van der Waals surface area contributed by atoms with Crippen LogP contribution in [0.1, 0.15) is 35.6 Å². The molecule has 1 aromatic carbocycles. The van der Waals surface area contributed by atoms with E-state index in [1.54, 1.807) is 12.1 Å². The van der Waals surface area contributed by atoms with Gasteiger partial charge < -0.3 is 4.74 Å². The summed E-state index contributed by atoms with van der Waals surface area (Å²) in [7, 11) is 1.43. The number of halogens is 1. The van der Waals surface area contributed by atoms with Crippen LogP contribution < -0.4 is 4.74 Å². The molecule has 1 aliphatic rings. The van der Waals surface area contributed by atoms with Crippen molar-refractivity contribution in [1.29, 1.82) is 0 Å². The van der Waals surface area contributed by atoms with E-state index < -0.39 is 5.82 Å². The van der Waals surface area contributed by atoms with E-state index in [9.17, 15) is 9.18 Å². The van der Waals surface area contributed by atoms with Crippen LogP contribution >= 0.6 is 11.3 Å². The number of Topliss-reactive ketones (excluding diaryl/α,β-unsaturated/α-hetero) is 1. The van der Waals surface area contributed by atoms with E-state index >= 15 is 0 Å². The highest BCUT2D eigenvalue weighted by molar-refractivity contribution is 7.17. The minimum absolute atomic E-state index is 0.0550. The van der Waals surface area contributed by atoms with Gasteiger partial charge in [0, 0.05) is 12.0 Å². The van der Waals surface area contributed by atoms with Gasteiger partial charge >= 0.3 is 0 Å².